The number of hydrogen-bond acceptors (Lipinski definition) is 6. The van der Waals surface area contributed by atoms with Crippen LogP contribution in [0, 0.1) is 11.3 Å². The molecule has 0 aliphatic carbocycles. The summed E-state index contributed by atoms with van der Waals surface area (Å²) >= 11 is 0. The van der Waals surface area contributed by atoms with Gasteiger partial charge in [0.1, 0.15) is 6.04 Å². The first-order valence-corrected chi connectivity index (χ1v) is 11.3. The van der Waals surface area contributed by atoms with Crippen LogP contribution in [0.2, 0.25) is 0 Å². The molecule has 0 aromatic rings. The standard InChI is InChI=1S/C23H40N4O3/c1-7-30-21(28)8-10-24-22(29)20(12-17(2)3)27-14-18(4)13-19(25-27)9-11-26-15-23(5,6)16-26/h13,17,20H,7-12,14-16H2,1-6H3,(H,24,29). The Bertz CT molecular complexity index is 661. The molecule has 0 saturated carbocycles. The van der Waals surface area contributed by atoms with E-state index >= 15 is 0 Å². The molecule has 1 amide bonds. The van der Waals surface area contributed by atoms with Crippen LogP contribution < -0.4 is 5.32 Å². The molecule has 2 aliphatic rings. The zero-order chi connectivity index (χ0) is 22.3. The number of esters is 1. The van der Waals surface area contributed by atoms with Crippen LogP contribution in [0.15, 0.2) is 16.8 Å². The molecule has 0 aromatic carbocycles. The highest BCUT2D eigenvalue weighted by atomic mass is 16.5. The summed E-state index contributed by atoms with van der Waals surface area (Å²) in [5.74, 6) is -0.00119. The van der Waals surface area contributed by atoms with Gasteiger partial charge in [0.15, 0.2) is 0 Å². The average Bonchev–Trinajstić information content (AvgIpc) is 2.62. The monoisotopic (exact) mass is 420 g/mol. The van der Waals surface area contributed by atoms with Crippen molar-refractivity contribution in [2.24, 2.45) is 16.4 Å². The van der Waals surface area contributed by atoms with Crippen molar-refractivity contribution < 1.29 is 14.3 Å². The van der Waals surface area contributed by atoms with Crippen LogP contribution in [0.25, 0.3) is 0 Å². The lowest BCUT2D eigenvalue weighted by atomic mass is 9.84. The number of likely N-dealkylation sites (tertiary alicyclic amines) is 1. The van der Waals surface area contributed by atoms with Crippen molar-refractivity contribution in [1.29, 1.82) is 0 Å². The van der Waals surface area contributed by atoms with Crippen molar-refractivity contribution in [2.45, 2.75) is 66.8 Å². The largest absolute Gasteiger partial charge is 0.466 e. The lowest BCUT2D eigenvalue weighted by molar-refractivity contribution is -0.143. The van der Waals surface area contributed by atoms with Crippen molar-refractivity contribution in [3.63, 3.8) is 0 Å². The number of hydrogen-bond donors (Lipinski definition) is 1. The van der Waals surface area contributed by atoms with Crippen LogP contribution in [0.5, 0.6) is 0 Å². The maximum Gasteiger partial charge on any atom is 0.307 e. The Kier molecular flexibility index (Phi) is 8.89. The molecule has 30 heavy (non-hydrogen) atoms. The van der Waals surface area contributed by atoms with Gasteiger partial charge < -0.3 is 15.0 Å². The highest BCUT2D eigenvalue weighted by molar-refractivity contribution is 5.96. The number of amides is 1. The van der Waals surface area contributed by atoms with Crippen molar-refractivity contribution >= 4 is 17.6 Å². The fourth-order valence-corrected chi connectivity index (χ4v) is 4.16. The quantitative estimate of drug-likeness (QED) is 0.520. The Labute approximate surface area is 181 Å². The van der Waals surface area contributed by atoms with Gasteiger partial charge >= 0.3 is 5.97 Å². The third-order valence-electron chi connectivity index (χ3n) is 5.36. The molecule has 7 heteroatoms. The number of ether oxygens (including phenoxy) is 1. The van der Waals surface area contributed by atoms with Crippen LogP contribution in [0.4, 0.5) is 0 Å². The second-order valence-electron chi connectivity index (χ2n) is 9.80. The van der Waals surface area contributed by atoms with Crippen LogP contribution >= 0.6 is 0 Å². The van der Waals surface area contributed by atoms with E-state index in [0.717, 1.165) is 38.2 Å². The van der Waals surface area contributed by atoms with Gasteiger partial charge in [-0.15, -0.1) is 0 Å². The molecular formula is C23H40N4O3. The van der Waals surface area contributed by atoms with Crippen molar-refractivity contribution in [3.8, 4) is 0 Å². The van der Waals surface area contributed by atoms with Crippen LogP contribution in [-0.4, -0.2) is 72.9 Å². The molecule has 0 aromatic heterocycles. The van der Waals surface area contributed by atoms with E-state index in [1.807, 2.05) is 5.01 Å². The minimum absolute atomic E-state index is 0.0738. The highest BCUT2D eigenvalue weighted by Gasteiger charge is 2.34. The van der Waals surface area contributed by atoms with Crippen molar-refractivity contribution in [1.82, 2.24) is 15.2 Å². The number of allylic oxidation sites excluding steroid dienone is 1. The molecule has 7 nitrogen and oxygen atoms in total. The third-order valence-corrected chi connectivity index (χ3v) is 5.36. The second-order valence-corrected chi connectivity index (χ2v) is 9.80. The van der Waals surface area contributed by atoms with E-state index in [9.17, 15) is 9.59 Å². The molecule has 1 fully saturated rings. The van der Waals surface area contributed by atoms with Gasteiger partial charge in [0.2, 0.25) is 5.91 Å². The molecule has 170 valence electrons. The lowest BCUT2D eigenvalue weighted by Crippen LogP contribution is -2.53. The van der Waals surface area contributed by atoms with E-state index in [1.165, 1.54) is 5.57 Å². The maximum atomic E-state index is 12.9. The number of hydrazone groups is 1. The molecule has 1 unspecified atom stereocenters. The van der Waals surface area contributed by atoms with Crippen LogP contribution in [-0.2, 0) is 14.3 Å². The summed E-state index contributed by atoms with van der Waals surface area (Å²) in [6.07, 6.45) is 3.96. The smallest absolute Gasteiger partial charge is 0.307 e. The van der Waals surface area contributed by atoms with Crippen LogP contribution in [0.3, 0.4) is 0 Å². The van der Waals surface area contributed by atoms with Crippen LogP contribution in [0.1, 0.15) is 60.8 Å². The first-order chi connectivity index (χ1) is 14.1. The molecule has 0 radical (unpaired) electrons. The minimum Gasteiger partial charge on any atom is -0.466 e. The van der Waals surface area contributed by atoms with Crippen molar-refractivity contribution in [3.05, 3.63) is 11.6 Å². The molecular weight excluding hydrogens is 380 g/mol. The molecule has 1 N–H and O–H groups in total. The van der Waals surface area contributed by atoms with Gasteiger partial charge in [-0.3, -0.25) is 14.6 Å². The van der Waals surface area contributed by atoms with E-state index in [0.29, 0.717) is 24.5 Å². The number of carbonyl (C=O) groups excluding carboxylic acids is 2. The molecule has 1 saturated heterocycles. The first-order valence-electron chi connectivity index (χ1n) is 11.3. The topological polar surface area (TPSA) is 74.2 Å². The van der Waals surface area contributed by atoms with Gasteiger partial charge in [-0.1, -0.05) is 33.3 Å². The van der Waals surface area contributed by atoms with E-state index in [-0.39, 0.29) is 30.9 Å². The predicted molar refractivity (Wildman–Crippen MR) is 120 cm³/mol. The number of rotatable bonds is 11. The Balaban J connectivity index is 1.96. The Hall–Kier alpha value is -1.89. The number of carbonyl (C=O) groups is 2. The third kappa shape index (κ3) is 7.74. The predicted octanol–water partition coefficient (Wildman–Crippen LogP) is 2.82. The van der Waals surface area contributed by atoms with Gasteiger partial charge in [-0.2, -0.15) is 5.10 Å². The van der Waals surface area contributed by atoms with Gasteiger partial charge in [0.25, 0.3) is 0 Å². The van der Waals surface area contributed by atoms with Crippen molar-refractivity contribution in [2.75, 3.05) is 39.3 Å². The van der Waals surface area contributed by atoms with Gasteiger partial charge in [0, 0.05) is 32.6 Å². The Morgan fingerprint density at radius 1 is 1.30 bits per heavy atom. The summed E-state index contributed by atoms with van der Waals surface area (Å²) in [6, 6.07) is -0.339. The maximum absolute atomic E-state index is 12.9. The molecule has 0 bridgehead atoms. The molecule has 2 rings (SSSR count). The summed E-state index contributed by atoms with van der Waals surface area (Å²) in [4.78, 5) is 26.9. The Morgan fingerprint density at radius 3 is 2.60 bits per heavy atom. The first kappa shape index (κ1) is 24.4. The Morgan fingerprint density at radius 2 is 2.00 bits per heavy atom. The van der Waals surface area contributed by atoms with E-state index in [2.05, 4.69) is 50.9 Å². The lowest BCUT2D eigenvalue weighted by Gasteiger charge is -2.46. The van der Waals surface area contributed by atoms with E-state index in [1.54, 1.807) is 6.92 Å². The fourth-order valence-electron chi connectivity index (χ4n) is 4.16. The summed E-state index contributed by atoms with van der Waals surface area (Å²) in [5, 5.41) is 9.68. The average molecular weight is 421 g/mol. The SMILES string of the molecule is CCOC(=O)CCNC(=O)C(CC(C)C)N1CC(C)=CC(CCN2CC(C)(C)C2)=N1. The number of nitrogens with one attached hydrogen (secondary N) is 1. The molecule has 0 spiro atoms. The fraction of sp³-hybridized carbons (Fsp3) is 0.783. The minimum atomic E-state index is -0.339. The summed E-state index contributed by atoms with van der Waals surface area (Å²) in [5.41, 5.74) is 2.68. The molecule has 2 heterocycles. The summed E-state index contributed by atoms with van der Waals surface area (Å²) < 4.78 is 4.93. The molecule has 2 aliphatic heterocycles. The summed E-state index contributed by atoms with van der Waals surface area (Å²) in [6.45, 7) is 17.3. The highest BCUT2D eigenvalue weighted by Crippen LogP contribution is 2.28. The van der Waals surface area contributed by atoms with E-state index < -0.39 is 0 Å². The van der Waals surface area contributed by atoms with Gasteiger partial charge in [0.05, 0.1) is 25.3 Å². The zero-order valence-electron chi connectivity index (χ0n) is 19.7. The van der Waals surface area contributed by atoms with Gasteiger partial charge in [-0.05, 0) is 37.7 Å². The summed E-state index contributed by atoms with van der Waals surface area (Å²) in [7, 11) is 0. The second kappa shape index (κ2) is 10.9. The molecule has 1 atom stereocenters. The zero-order valence-corrected chi connectivity index (χ0v) is 19.7. The van der Waals surface area contributed by atoms with E-state index in [4.69, 9.17) is 9.84 Å². The normalized spacial score (nSPS) is 19.6. The number of nitrogens with zero attached hydrogens (tertiary/aromatic N) is 3. The van der Waals surface area contributed by atoms with Gasteiger partial charge in [-0.25, -0.2) is 0 Å².